The van der Waals surface area contributed by atoms with Gasteiger partial charge in [-0.1, -0.05) is 10.3 Å². The van der Waals surface area contributed by atoms with Gasteiger partial charge in [0.05, 0.1) is 32.2 Å². The van der Waals surface area contributed by atoms with Crippen molar-refractivity contribution in [3.05, 3.63) is 60.9 Å². The standard InChI is InChI=1S/C19H22N8.ClH/c1-25(2)24-22-18-11-7-16(8-12-18)20-15-5-9-17(10-6-15)21-23-19-26(3)13-14-27(19)4;/h5-14H,1-4H3;1H. The predicted molar refractivity (Wildman–Crippen MR) is 105 cm³/mol. The van der Waals surface area contributed by atoms with E-state index in [-0.39, 0.29) is 12.4 Å². The Morgan fingerprint density at radius 3 is 1.86 bits per heavy atom. The van der Waals surface area contributed by atoms with E-state index < -0.39 is 0 Å². The normalized spacial score (nSPS) is 11.0. The number of benzene rings is 2. The molecule has 0 aliphatic heterocycles. The van der Waals surface area contributed by atoms with Gasteiger partial charge in [0.2, 0.25) is 0 Å². The molecule has 0 bridgehead atoms. The predicted octanol–water partition coefficient (Wildman–Crippen LogP) is 1.57. The van der Waals surface area contributed by atoms with Gasteiger partial charge in [-0.05, 0) is 48.5 Å². The van der Waals surface area contributed by atoms with E-state index in [0.717, 1.165) is 28.7 Å². The van der Waals surface area contributed by atoms with Crippen LogP contribution in [0.2, 0.25) is 0 Å². The summed E-state index contributed by atoms with van der Waals surface area (Å²) in [5.41, 5.74) is 3.55. The van der Waals surface area contributed by atoms with Crippen LogP contribution in [0.1, 0.15) is 0 Å². The van der Waals surface area contributed by atoms with Crippen LogP contribution in [0.3, 0.4) is 0 Å². The Morgan fingerprint density at radius 1 is 0.857 bits per heavy atom. The SMILES string of the molecule is CN(C)N=Nc1ccc(Nc2ccc(N=Nc3n(C)cc[n+]3C)cc2)cc1.[Cl-]. The van der Waals surface area contributed by atoms with Gasteiger partial charge in [0.25, 0.3) is 0 Å². The van der Waals surface area contributed by atoms with Crippen LogP contribution < -0.4 is 22.3 Å². The summed E-state index contributed by atoms with van der Waals surface area (Å²) in [5, 5.41) is 21.7. The summed E-state index contributed by atoms with van der Waals surface area (Å²) >= 11 is 0. The third-order valence-electron chi connectivity index (χ3n) is 3.76. The van der Waals surface area contributed by atoms with Crippen LogP contribution >= 0.6 is 0 Å². The zero-order valence-electron chi connectivity index (χ0n) is 16.3. The van der Waals surface area contributed by atoms with E-state index in [4.69, 9.17) is 0 Å². The number of aromatic nitrogens is 2. The first-order valence-corrected chi connectivity index (χ1v) is 8.50. The molecule has 0 atom stereocenters. The first-order valence-electron chi connectivity index (χ1n) is 8.50. The molecule has 146 valence electrons. The molecule has 0 unspecified atom stereocenters. The minimum Gasteiger partial charge on any atom is -1.00 e. The lowest BCUT2D eigenvalue weighted by atomic mass is 10.2. The highest BCUT2D eigenvalue weighted by molar-refractivity contribution is 5.63. The molecule has 1 aromatic heterocycles. The highest BCUT2D eigenvalue weighted by atomic mass is 35.5. The highest BCUT2D eigenvalue weighted by Crippen LogP contribution is 2.23. The largest absolute Gasteiger partial charge is 1.00 e. The highest BCUT2D eigenvalue weighted by Gasteiger charge is 2.10. The van der Waals surface area contributed by atoms with Crippen LogP contribution in [0.4, 0.5) is 28.7 Å². The van der Waals surface area contributed by atoms with Crippen LogP contribution in [-0.4, -0.2) is 23.7 Å². The van der Waals surface area contributed by atoms with Gasteiger partial charge < -0.3 is 17.7 Å². The number of azo groups is 1. The van der Waals surface area contributed by atoms with Crippen LogP contribution in [-0.2, 0) is 14.1 Å². The third kappa shape index (κ3) is 5.62. The van der Waals surface area contributed by atoms with Gasteiger partial charge in [0.1, 0.15) is 5.69 Å². The second kappa shape index (κ2) is 9.61. The molecule has 8 nitrogen and oxygen atoms in total. The molecule has 0 aliphatic carbocycles. The van der Waals surface area contributed by atoms with Gasteiger partial charge in [-0.2, -0.15) is 0 Å². The molecule has 0 saturated heterocycles. The molecule has 1 heterocycles. The average Bonchev–Trinajstić information content (AvgIpc) is 2.98. The summed E-state index contributed by atoms with van der Waals surface area (Å²) in [6, 6.07) is 15.6. The van der Waals surface area contributed by atoms with E-state index in [1.54, 1.807) is 5.01 Å². The molecular weight excluding hydrogens is 376 g/mol. The van der Waals surface area contributed by atoms with E-state index in [0.29, 0.717) is 0 Å². The fourth-order valence-corrected chi connectivity index (χ4v) is 2.36. The molecule has 0 amide bonds. The van der Waals surface area contributed by atoms with Gasteiger partial charge in [-0.3, -0.25) is 5.01 Å². The topological polar surface area (TPSA) is 73.5 Å². The van der Waals surface area contributed by atoms with Crippen molar-refractivity contribution >= 4 is 28.7 Å². The quantitative estimate of drug-likeness (QED) is 0.389. The van der Waals surface area contributed by atoms with Crippen molar-refractivity contribution in [1.82, 2.24) is 9.58 Å². The number of hydrogen-bond acceptors (Lipinski definition) is 5. The maximum absolute atomic E-state index is 4.30. The summed E-state index contributed by atoms with van der Waals surface area (Å²) in [6.45, 7) is 0. The van der Waals surface area contributed by atoms with Gasteiger partial charge >= 0.3 is 5.95 Å². The van der Waals surface area contributed by atoms with Gasteiger partial charge in [-0.25, -0.2) is 9.13 Å². The molecule has 0 aliphatic rings. The average molecular weight is 399 g/mol. The molecule has 3 rings (SSSR count). The maximum Gasteiger partial charge on any atom is 0.421 e. The van der Waals surface area contributed by atoms with Crippen molar-refractivity contribution in [2.24, 2.45) is 34.7 Å². The number of nitrogens with one attached hydrogen (secondary N) is 1. The number of hydrogen-bond donors (Lipinski definition) is 1. The molecule has 2 aromatic carbocycles. The van der Waals surface area contributed by atoms with Crippen LogP contribution in [0, 0.1) is 0 Å². The summed E-state index contributed by atoms with van der Waals surface area (Å²) in [7, 11) is 7.55. The van der Waals surface area contributed by atoms with E-state index in [2.05, 4.69) is 25.9 Å². The lowest BCUT2D eigenvalue weighted by Crippen LogP contribution is -3.00. The van der Waals surface area contributed by atoms with Gasteiger partial charge in [-0.15, -0.1) is 5.11 Å². The number of aryl methyl sites for hydroxylation is 2. The number of rotatable bonds is 6. The van der Waals surface area contributed by atoms with E-state index >= 15 is 0 Å². The molecular formula is C19H23ClN8. The van der Waals surface area contributed by atoms with E-state index in [1.807, 2.05) is 98.2 Å². The molecule has 3 aromatic rings. The van der Waals surface area contributed by atoms with E-state index in [1.165, 1.54) is 0 Å². The van der Waals surface area contributed by atoms with Crippen molar-refractivity contribution in [3.8, 4) is 0 Å². The Balaban J connectivity index is 0.00000280. The molecule has 28 heavy (non-hydrogen) atoms. The van der Waals surface area contributed by atoms with Crippen molar-refractivity contribution in [3.63, 3.8) is 0 Å². The van der Waals surface area contributed by atoms with Gasteiger partial charge in [0, 0.05) is 30.6 Å². The Labute approximate surface area is 170 Å². The lowest BCUT2D eigenvalue weighted by molar-refractivity contribution is -0.657. The van der Waals surface area contributed by atoms with Crippen molar-refractivity contribution in [1.29, 1.82) is 0 Å². The zero-order valence-corrected chi connectivity index (χ0v) is 17.0. The molecule has 1 N–H and O–H groups in total. The van der Waals surface area contributed by atoms with Crippen molar-refractivity contribution in [2.75, 3.05) is 19.4 Å². The summed E-state index contributed by atoms with van der Waals surface area (Å²) in [6.07, 6.45) is 3.88. The first-order chi connectivity index (χ1) is 13.0. The summed E-state index contributed by atoms with van der Waals surface area (Å²) < 4.78 is 3.84. The van der Waals surface area contributed by atoms with Crippen molar-refractivity contribution < 1.29 is 17.0 Å². The first kappa shape index (κ1) is 21.0. The smallest absolute Gasteiger partial charge is 0.421 e. The molecule has 0 fully saturated rings. The Hall–Kier alpha value is -3.26. The number of nitrogens with zero attached hydrogens (tertiary/aromatic N) is 7. The second-order valence-electron chi connectivity index (χ2n) is 6.28. The summed E-state index contributed by atoms with van der Waals surface area (Å²) in [5.74, 6) is 0.781. The molecule has 9 heteroatoms. The number of anilines is 2. The van der Waals surface area contributed by atoms with Crippen LogP contribution in [0.5, 0.6) is 0 Å². The van der Waals surface area contributed by atoms with Crippen LogP contribution in [0.25, 0.3) is 0 Å². The van der Waals surface area contributed by atoms with Crippen molar-refractivity contribution in [2.45, 2.75) is 0 Å². The minimum absolute atomic E-state index is 0. The number of halogens is 1. The Morgan fingerprint density at radius 2 is 1.39 bits per heavy atom. The number of imidazole rings is 1. The molecule has 0 spiro atoms. The second-order valence-corrected chi connectivity index (χ2v) is 6.28. The fourth-order valence-electron chi connectivity index (χ4n) is 2.36. The Kier molecular flexibility index (Phi) is 7.22. The van der Waals surface area contributed by atoms with Crippen LogP contribution in [0.15, 0.2) is 81.5 Å². The monoisotopic (exact) mass is 398 g/mol. The molecule has 0 radical (unpaired) electrons. The van der Waals surface area contributed by atoms with E-state index in [9.17, 15) is 0 Å². The lowest BCUT2D eigenvalue weighted by Gasteiger charge is -2.06. The third-order valence-corrected chi connectivity index (χ3v) is 3.76. The zero-order chi connectivity index (χ0) is 19.2. The Bertz CT molecular complexity index is 924. The summed E-state index contributed by atoms with van der Waals surface area (Å²) in [4.78, 5) is 0. The minimum atomic E-state index is 0. The molecule has 0 saturated carbocycles. The van der Waals surface area contributed by atoms with Gasteiger partial charge in [0.15, 0.2) is 0 Å². The fraction of sp³-hybridized carbons (Fsp3) is 0.211. The maximum atomic E-state index is 4.30.